The third-order valence-corrected chi connectivity index (χ3v) is 2.47. The lowest BCUT2D eigenvalue weighted by Gasteiger charge is -2.09. The quantitative estimate of drug-likeness (QED) is 0.826. The van der Waals surface area contributed by atoms with E-state index < -0.39 is 11.8 Å². The lowest BCUT2D eigenvalue weighted by Crippen LogP contribution is -2.06. The van der Waals surface area contributed by atoms with Gasteiger partial charge in [-0.1, -0.05) is 11.6 Å². The number of rotatable bonds is 2. The van der Waals surface area contributed by atoms with Gasteiger partial charge < -0.3 is 5.11 Å². The van der Waals surface area contributed by atoms with E-state index in [9.17, 15) is 9.18 Å². The number of benzene rings is 1. The van der Waals surface area contributed by atoms with Gasteiger partial charge in [-0.2, -0.15) is 0 Å². The fourth-order valence-corrected chi connectivity index (χ4v) is 1.55. The number of carbonyl (C=O) groups is 1. The third-order valence-electron chi connectivity index (χ3n) is 2.19. The number of halogens is 2. The van der Waals surface area contributed by atoms with Crippen LogP contribution in [0.5, 0.6) is 0 Å². The molecule has 1 rings (SSSR count). The van der Waals surface area contributed by atoms with Crippen molar-refractivity contribution in [3.63, 3.8) is 0 Å². The Bertz CT molecular complexity index is 362. The Hall–Kier alpha value is -1.09. The highest BCUT2D eigenvalue weighted by Gasteiger charge is 2.14. The van der Waals surface area contributed by atoms with Crippen LogP contribution >= 0.6 is 11.6 Å². The molecule has 0 aromatic heterocycles. The van der Waals surface area contributed by atoms with Crippen molar-refractivity contribution in [2.45, 2.75) is 20.3 Å². The molecule has 0 spiro atoms. The molecular formula is C10H10ClFO2. The highest BCUT2D eigenvalue weighted by Crippen LogP contribution is 2.25. The van der Waals surface area contributed by atoms with Crippen LogP contribution in [0.2, 0.25) is 5.02 Å². The van der Waals surface area contributed by atoms with Crippen molar-refractivity contribution in [2.24, 2.45) is 0 Å². The smallest absolute Gasteiger partial charge is 0.307 e. The van der Waals surface area contributed by atoms with Gasteiger partial charge in [0.05, 0.1) is 11.4 Å². The molecule has 1 N–H and O–H groups in total. The molecule has 0 unspecified atom stereocenters. The highest BCUT2D eigenvalue weighted by molar-refractivity contribution is 6.30. The van der Waals surface area contributed by atoms with Crippen molar-refractivity contribution in [2.75, 3.05) is 0 Å². The van der Waals surface area contributed by atoms with E-state index in [0.717, 1.165) is 5.56 Å². The molecule has 0 amide bonds. The average molecular weight is 217 g/mol. The molecule has 0 saturated heterocycles. The number of carboxylic acids is 1. The minimum atomic E-state index is -1.06. The predicted octanol–water partition coefficient (Wildman–Crippen LogP) is 2.72. The number of aryl methyl sites for hydroxylation is 1. The SMILES string of the molecule is Cc1cc(Cl)c(F)c(CC(=O)O)c1C. The summed E-state index contributed by atoms with van der Waals surface area (Å²) in [5.74, 6) is -1.69. The Morgan fingerprint density at radius 2 is 2.14 bits per heavy atom. The number of hydrogen-bond acceptors (Lipinski definition) is 1. The van der Waals surface area contributed by atoms with Crippen molar-refractivity contribution in [3.05, 3.63) is 33.6 Å². The van der Waals surface area contributed by atoms with Crippen molar-refractivity contribution >= 4 is 17.6 Å². The Balaban J connectivity index is 3.31. The van der Waals surface area contributed by atoms with Gasteiger partial charge in [0, 0.05) is 5.56 Å². The Morgan fingerprint density at radius 3 is 2.64 bits per heavy atom. The van der Waals surface area contributed by atoms with Crippen LogP contribution in [0.1, 0.15) is 16.7 Å². The maximum atomic E-state index is 13.4. The zero-order chi connectivity index (χ0) is 10.9. The lowest BCUT2D eigenvalue weighted by molar-refractivity contribution is -0.136. The molecule has 0 saturated carbocycles. The molecule has 1 aromatic rings. The second-order valence-electron chi connectivity index (χ2n) is 3.16. The second kappa shape index (κ2) is 3.96. The van der Waals surface area contributed by atoms with E-state index in [1.54, 1.807) is 13.8 Å². The lowest BCUT2D eigenvalue weighted by atomic mass is 10.0. The van der Waals surface area contributed by atoms with Gasteiger partial charge in [-0.25, -0.2) is 4.39 Å². The van der Waals surface area contributed by atoms with Crippen LogP contribution in [0, 0.1) is 19.7 Å². The topological polar surface area (TPSA) is 37.3 Å². The predicted molar refractivity (Wildman–Crippen MR) is 52.2 cm³/mol. The van der Waals surface area contributed by atoms with Crippen molar-refractivity contribution in [3.8, 4) is 0 Å². The van der Waals surface area contributed by atoms with Crippen LogP contribution in [0.25, 0.3) is 0 Å². The van der Waals surface area contributed by atoms with Gasteiger partial charge in [0.15, 0.2) is 0 Å². The second-order valence-corrected chi connectivity index (χ2v) is 3.57. The van der Waals surface area contributed by atoms with Crippen molar-refractivity contribution in [1.29, 1.82) is 0 Å². The number of carboxylic acid groups (broad SMARTS) is 1. The standard InChI is InChI=1S/C10H10ClFO2/c1-5-3-8(11)10(12)7(6(5)2)4-9(13)14/h3H,4H2,1-2H3,(H,13,14). The van der Waals surface area contributed by atoms with Crippen molar-refractivity contribution in [1.82, 2.24) is 0 Å². The van der Waals surface area contributed by atoms with Gasteiger partial charge in [-0.3, -0.25) is 4.79 Å². The fourth-order valence-electron chi connectivity index (χ4n) is 1.27. The largest absolute Gasteiger partial charge is 0.481 e. The molecule has 0 heterocycles. The summed E-state index contributed by atoms with van der Waals surface area (Å²) in [7, 11) is 0. The first kappa shape index (κ1) is 11.0. The molecule has 14 heavy (non-hydrogen) atoms. The molecule has 0 radical (unpaired) electrons. The van der Waals surface area contributed by atoms with E-state index in [4.69, 9.17) is 16.7 Å². The minimum Gasteiger partial charge on any atom is -0.481 e. The summed E-state index contributed by atoms with van der Waals surface area (Å²) in [6.07, 6.45) is -0.334. The van der Waals surface area contributed by atoms with E-state index in [1.807, 2.05) is 0 Å². The van der Waals surface area contributed by atoms with Gasteiger partial charge in [0.2, 0.25) is 0 Å². The maximum absolute atomic E-state index is 13.4. The monoisotopic (exact) mass is 216 g/mol. The van der Waals surface area contributed by atoms with Crippen LogP contribution < -0.4 is 0 Å². The van der Waals surface area contributed by atoms with Gasteiger partial charge in [0.25, 0.3) is 0 Å². The molecule has 76 valence electrons. The minimum absolute atomic E-state index is 0.0237. The molecule has 2 nitrogen and oxygen atoms in total. The molecule has 0 atom stereocenters. The molecule has 0 aliphatic heterocycles. The van der Waals surface area contributed by atoms with Crippen LogP contribution in [0.4, 0.5) is 4.39 Å². The first-order chi connectivity index (χ1) is 6.43. The summed E-state index contributed by atoms with van der Waals surface area (Å²) >= 11 is 5.61. The molecule has 1 aromatic carbocycles. The zero-order valence-electron chi connectivity index (χ0n) is 7.90. The third kappa shape index (κ3) is 2.04. The average Bonchev–Trinajstić information content (AvgIpc) is 2.09. The molecule has 0 aliphatic rings. The van der Waals surface area contributed by atoms with Gasteiger partial charge in [-0.05, 0) is 31.0 Å². The summed E-state index contributed by atoms with van der Waals surface area (Å²) < 4.78 is 13.4. The van der Waals surface area contributed by atoms with Crippen molar-refractivity contribution < 1.29 is 14.3 Å². The van der Waals surface area contributed by atoms with Crippen LogP contribution in [0.3, 0.4) is 0 Å². The van der Waals surface area contributed by atoms with E-state index in [-0.39, 0.29) is 17.0 Å². The first-order valence-corrected chi connectivity index (χ1v) is 4.47. The Morgan fingerprint density at radius 1 is 1.57 bits per heavy atom. The van der Waals surface area contributed by atoms with E-state index in [2.05, 4.69) is 0 Å². The fraction of sp³-hybridized carbons (Fsp3) is 0.300. The molecule has 0 fully saturated rings. The normalized spacial score (nSPS) is 10.3. The van der Waals surface area contributed by atoms with Gasteiger partial charge in [-0.15, -0.1) is 0 Å². The summed E-state index contributed by atoms with van der Waals surface area (Å²) in [6.45, 7) is 3.46. The molecule has 4 heteroatoms. The Labute approximate surface area is 86.3 Å². The van der Waals surface area contributed by atoms with Crippen LogP contribution in [0.15, 0.2) is 6.07 Å². The van der Waals surface area contributed by atoms with E-state index in [1.165, 1.54) is 6.07 Å². The van der Waals surface area contributed by atoms with Gasteiger partial charge >= 0.3 is 5.97 Å². The molecular weight excluding hydrogens is 207 g/mol. The van der Waals surface area contributed by atoms with Gasteiger partial charge in [0.1, 0.15) is 5.82 Å². The highest BCUT2D eigenvalue weighted by atomic mass is 35.5. The van der Waals surface area contributed by atoms with E-state index >= 15 is 0 Å². The van der Waals surface area contributed by atoms with E-state index in [0.29, 0.717) is 5.56 Å². The first-order valence-electron chi connectivity index (χ1n) is 4.09. The summed E-state index contributed by atoms with van der Waals surface area (Å²) in [4.78, 5) is 10.5. The summed E-state index contributed by atoms with van der Waals surface area (Å²) in [5, 5.41) is 8.56. The zero-order valence-corrected chi connectivity index (χ0v) is 8.65. The Kier molecular flexibility index (Phi) is 3.11. The summed E-state index contributed by atoms with van der Waals surface area (Å²) in [6, 6.07) is 1.50. The number of aliphatic carboxylic acids is 1. The number of hydrogen-bond donors (Lipinski definition) is 1. The molecule has 0 bridgehead atoms. The maximum Gasteiger partial charge on any atom is 0.307 e. The van der Waals surface area contributed by atoms with Crippen LogP contribution in [-0.4, -0.2) is 11.1 Å². The molecule has 0 aliphatic carbocycles. The van der Waals surface area contributed by atoms with Crippen LogP contribution in [-0.2, 0) is 11.2 Å². The summed E-state index contributed by atoms with van der Waals surface area (Å²) in [5.41, 5.74) is 1.62.